The van der Waals surface area contributed by atoms with Crippen molar-refractivity contribution in [3.63, 3.8) is 0 Å². The number of halogens is 1. The number of ether oxygens (including phenoxy) is 1. The average molecular weight is 474 g/mol. The Morgan fingerprint density at radius 2 is 1.74 bits per heavy atom. The van der Waals surface area contributed by atoms with Gasteiger partial charge in [-0.2, -0.15) is 0 Å². The molecule has 3 aromatic carbocycles. The second-order valence-electron chi connectivity index (χ2n) is 6.96. The van der Waals surface area contributed by atoms with Crippen LogP contribution in [0.1, 0.15) is 28.4 Å². The third kappa shape index (κ3) is 4.52. The SMILES string of the molecule is CCOC(=O)c1cccc(N2C(=O)/C(=C/c3ccc(Br)cc3)C=C2c2ccccc2)c1. The normalized spacial score (nSPS) is 14.6. The Morgan fingerprint density at radius 1 is 1.00 bits per heavy atom. The number of hydrogen-bond donors (Lipinski definition) is 0. The van der Waals surface area contributed by atoms with Crippen LogP contribution in [0.4, 0.5) is 5.69 Å². The van der Waals surface area contributed by atoms with E-state index in [-0.39, 0.29) is 5.91 Å². The summed E-state index contributed by atoms with van der Waals surface area (Å²) in [5.41, 5.74) is 4.20. The lowest BCUT2D eigenvalue weighted by atomic mass is 10.1. The first-order valence-corrected chi connectivity index (χ1v) is 10.7. The summed E-state index contributed by atoms with van der Waals surface area (Å²) in [6.45, 7) is 2.06. The van der Waals surface area contributed by atoms with Gasteiger partial charge in [-0.15, -0.1) is 0 Å². The largest absolute Gasteiger partial charge is 0.462 e. The highest BCUT2D eigenvalue weighted by Gasteiger charge is 2.30. The summed E-state index contributed by atoms with van der Waals surface area (Å²) in [4.78, 5) is 27.3. The van der Waals surface area contributed by atoms with E-state index in [1.807, 2.05) is 72.8 Å². The van der Waals surface area contributed by atoms with Gasteiger partial charge in [-0.05, 0) is 60.5 Å². The van der Waals surface area contributed by atoms with E-state index in [1.54, 1.807) is 30.0 Å². The van der Waals surface area contributed by atoms with E-state index >= 15 is 0 Å². The van der Waals surface area contributed by atoms with Crippen molar-refractivity contribution < 1.29 is 14.3 Å². The summed E-state index contributed by atoms with van der Waals surface area (Å²) < 4.78 is 6.10. The van der Waals surface area contributed by atoms with Crippen molar-refractivity contribution in [2.75, 3.05) is 11.5 Å². The van der Waals surface area contributed by atoms with Crippen molar-refractivity contribution in [3.05, 3.63) is 112 Å². The Balaban J connectivity index is 1.78. The van der Waals surface area contributed by atoms with E-state index in [4.69, 9.17) is 4.74 Å². The van der Waals surface area contributed by atoms with Gasteiger partial charge in [-0.3, -0.25) is 9.69 Å². The molecule has 1 aliphatic heterocycles. The van der Waals surface area contributed by atoms with Gasteiger partial charge in [0.2, 0.25) is 0 Å². The van der Waals surface area contributed by atoms with Crippen LogP contribution >= 0.6 is 15.9 Å². The number of hydrogen-bond acceptors (Lipinski definition) is 3. The Kier molecular flexibility index (Phi) is 6.14. The molecule has 1 aliphatic rings. The van der Waals surface area contributed by atoms with Crippen molar-refractivity contribution in [2.45, 2.75) is 6.92 Å². The van der Waals surface area contributed by atoms with Crippen LogP contribution in [0.25, 0.3) is 11.8 Å². The van der Waals surface area contributed by atoms with Crippen LogP contribution in [0.5, 0.6) is 0 Å². The second-order valence-corrected chi connectivity index (χ2v) is 7.87. The minimum atomic E-state index is -0.410. The fourth-order valence-corrected chi connectivity index (χ4v) is 3.68. The average Bonchev–Trinajstić information content (AvgIpc) is 3.12. The highest BCUT2D eigenvalue weighted by Crippen LogP contribution is 2.35. The molecule has 0 saturated carbocycles. The molecule has 0 spiro atoms. The molecule has 0 N–H and O–H groups in total. The minimum absolute atomic E-state index is 0.150. The third-order valence-corrected chi connectivity index (χ3v) is 5.39. The zero-order valence-electron chi connectivity index (χ0n) is 16.9. The molecule has 4 nitrogen and oxygen atoms in total. The molecule has 0 aliphatic carbocycles. The molecule has 0 radical (unpaired) electrons. The highest BCUT2D eigenvalue weighted by molar-refractivity contribution is 9.10. The Labute approximate surface area is 189 Å². The first-order chi connectivity index (χ1) is 15.1. The molecule has 0 aromatic heterocycles. The predicted octanol–water partition coefficient (Wildman–Crippen LogP) is 6.10. The lowest BCUT2D eigenvalue weighted by molar-refractivity contribution is -0.113. The molecular weight excluding hydrogens is 454 g/mol. The van der Waals surface area contributed by atoms with Crippen molar-refractivity contribution in [1.29, 1.82) is 0 Å². The predicted molar refractivity (Wildman–Crippen MR) is 126 cm³/mol. The lowest BCUT2D eigenvalue weighted by Gasteiger charge is -2.21. The number of carbonyl (C=O) groups is 2. The number of carbonyl (C=O) groups excluding carboxylic acids is 2. The molecule has 0 atom stereocenters. The molecule has 154 valence electrons. The smallest absolute Gasteiger partial charge is 0.338 e. The zero-order chi connectivity index (χ0) is 21.8. The molecule has 0 bridgehead atoms. The summed E-state index contributed by atoms with van der Waals surface area (Å²) >= 11 is 3.43. The summed E-state index contributed by atoms with van der Waals surface area (Å²) in [7, 11) is 0. The molecule has 1 heterocycles. The Morgan fingerprint density at radius 3 is 2.45 bits per heavy atom. The van der Waals surface area contributed by atoms with Gasteiger partial charge in [0.1, 0.15) is 0 Å². The van der Waals surface area contributed by atoms with E-state index in [0.29, 0.717) is 23.4 Å². The van der Waals surface area contributed by atoms with Crippen LogP contribution in [0.2, 0.25) is 0 Å². The van der Waals surface area contributed by atoms with Crippen LogP contribution in [0, 0.1) is 0 Å². The van der Waals surface area contributed by atoms with Crippen LogP contribution in [0.3, 0.4) is 0 Å². The lowest BCUT2D eigenvalue weighted by Crippen LogP contribution is -2.25. The minimum Gasteiger partial charge on any atom is -0.462 e. The number of rotatable bonds is 5. The molecule has 3 aromatic rings. The van der Waals surface area contributed by atoms with Crippen LogP contribution in [-0.2, 0) is 9.53 Å². The van der Waals surface area contributed by atoms with Gasteiger partial charge < -0.3 is 4.74 Å². The molecule has 31 heavy (non-hydrogen) atoms. The van der Waals surface area contributed by atoms with Gasteiger partial charge >= 0.3 is 5.97 Å². The van der Waals surface area contributed by atoms with E-state index in [0.717, 1.165) is 21.3 Å². The van der Waals surface area contributed by atoms with E-state index < -0.39 is 5.97 Å². The van der Waals surface area contributed by atoms with Crippen molar-refractivity contribution in [2.24, 2.45) is 0 Å². The van der Waals surface area contributed by atoms with Crippen LogP contribution in [-0.4, -0.2) is 18.5 Å². The maximum Gasteiger partial charge on any atom is 0.338 e. The molecule has 0 unspecified atom stereocenters. The molecule has 5 heteroatoms. The van der Waals surface area contributed by atoms with Crippen molar-refractivity contribution in [1.82, 2.24) is 0 Å². The van der Waals surface area contributed by atoms with E-state index in [1.165, 1.54) is 0 Å². The van der Waals surface area contributed by atoms with Crippen LogP contribution in [0.15, 0.2) is 95.0 Å². The van der Waals surface area contributed by atoms with Gasteiger partial charge in [0.25, 0.3) is 5.91 Å². The van der Waals surface area contributed by atoms with Crippen molar-refractivity contribution >= 4 is 45.3 Å². The van der Waals surface area contributed by atoms with Crippen molar-refractivity contribution in [3.8, 4) is 0 Å². The fraction of sp³-hybridized carbons (Fsp3) is 0.0769. The maximum absolute atomic E-state index is 13.4. The molecular formula is C26H20BrNO3. The standard InChI is InChI=1S/C26H20BrNO3/c1-2-31-26(30)20-9-6-10-23(16-20)28-24(19-7-4-3-5-8-19)17-21(25(28)29)15-18-11-13-22(27)14-12-18/h3-17H,2H2,1H3/b21-15+. The van der Waals surface area contributed by atoms with Gasteiger partial charge in [-0.25, -0.2) is 4.79 Å². The van der Waals surface area contributed by atoms with Gasteiger partial charge in [0.15, 0.2) is 0 Å². The van der Waals surface area contributed by atoms with Gasteiger partial charge in [0.05, 0.1) is 23.6 Å². The van der Waals surface area contributed by atoms with E-state index in [9.17, 15) is 9.59 Å². The summed E-state index contributed by atoms with van der Waals surface area (Å²) in [5.74, 6) is -0.561. The molecule has 1 amide bonds. The maximum atomic E-state index is 13.4. The first kappa shape index (κ1) is 20.8. The monoisotopic (exact) mass is 473 g/mol. The van der Waals surface area contributed by atoms with Gasteiger partial charge in [-0.1, -0.05) is 64.5 Å². The Hall–Kier alpha value is -3.44. The highest BCUT2D eigenvalue weighted by atomic mass is 79.9. The number of benzene rings is 3. The number of esters is 1. The summed E-state index contributed by atoms with van der Waals surface area (Å²) in [6.07, 6.45) is 3.75. The number of amides is 1. The number of nitrogens with zero attached hydrogens (tertiary/aromatic N) is 1. The third-order valence-electron chi connectivity index (χ3n) is 4.86. The molecule has 0 fully saturated rings. The number of anilines is 1. The summed E-state index contributed by atoms with van der Waals surface area (Å²) in [5, 5.41) is 0. The van der Waals surface area contributed by atoms with Crippen LogP contribution < -0.4 is 4.90 Å². The quantitative estimate of drug-likeness (QED) is 0.332. The topological polar surface area (TPSA) is 46.6 Å². The second kappa shape index (κ2) is 9.14. The first-order valence-electron chi connectivity index (χ1n) is 9.93. The van der Waals surface area contributed by atoms with E-state index in [2.05, 4.69) is 15.9 Å². The van der Waals surface area contributed by atoms with Gasteiger partial charge in [0, 0.05) is 10.0 Å². The zero-order valence-corrected chi connectivity index (χ0v) is 18.5. The molecule has 4 rings (SSSR count). The Bertz CT molecular complexity index is 1180. The fourth-order valence-electron chi connectivity index (χ4n) is 3.42. The molecule has 0 saturated heterocycles. The summed E-state index contributed by atoms with van der Waals surface area (Å²) in [6, 6.07) is 24.5.